The van der Waals surface area contributed by atoms with Gasteiger partial charge in [0, 0.05) is 24.8 Å². The molecule has 1 atom stereocenters. The Morgan fingerprint density at radius 1 is 1.27 bits per heavy atom. The number of nitrogens with zero attached hydrogens (tertiary/aromatic N) is 1. The predicted octanol–water partition coefficient (Wildman–Crippen LogP) is 3.59. The Balaban J connectivity index is 2.73. The number of carbonyl (C=O) groups excluding carboxylic acids is 1. The van der Waals surface area contributed by atoms with E-state index < -0.39 is 16.0 Å². The van der Waals surface area contributed by atoms with Crippen LogP contribution in [0.15, 0.2) is 24.3 Å². The molecule has 0 aliphatic carbocycles. The maximum atomic E-state index is 11.7. The van der Waals surface area contributed by atoms with Crippen molar-refractivity contribution in [3.63, 3.8) is 0 Å². The van der Waals surface area contributed by atoms with Crippen molar-refractivity contribution in [2.75, 3.05) is 19.4 Å². The number of halogens is 4. The lowest BCUT2D eigenvalue weighted by Crippen LogP contribution is -2.57. The first-order valence-corrected chi connectivity index (χ1v) is 7.89. The van der Waals surface area contributed by atoms with E-state index in [1.807, 2.05) is 0 Å². The minimum absolute atomic E-state index is 0.164. The van der Waals surface area contributed by atoms with Crippen molar-refractivity contribution < 1.29 is 4.79 Å². The number of thiocarbonyl (C=S) groups is 1. The van der Waals surface area contributed by atoms with E-state index in [9.17, 15) is 4.79 Å². The molecule has 1 aromatic rings. The van der Waals surface area contributed by atoms with Gasteiger partial charge in [0.1, 0.15) is 0 Å². The molecule has 1 unspecified atom stereocenters. The number of hydrogen-bond acceptors (Lipinski definition) is 2. The Hall–Kier alpha value is -0.660. The van der Waals surface area contributed by atoms with E-state index in [1.165, 1.54) is 4.90 Å². The average Bonchev–Trinajstić information content (AvgIpc) is 2.36. The molecule has 1 rings (SSSR count). The number of amides is 2. The van der Waals surface area contributed by atoms with Crippen molar-refractivity contribution in [2.24, 2.45) is 0 Å². The van der Waals surface area contributed by atoms with Gasteiger partial charge in [-0.2, -0.15) is 0 Å². The van der Waals surface area contributed by atoms with E-state index in [2.05, 4.69) is 16.0 Å². The molecule has 0 aromatic heterocycles. The van der Waals surface area contributed by atoms with Crippen LogP contribution >= 0.6 is 58.6 Å². The highest BCUT2D eigenvalue weighted by Crippen LogP contribution is 2.29. The highest BCUT2D eigenvalue weighted by molar-refractivity contribution is 7.80. The Kier molecular flexibility index (Phi) is 7.28. The topological polar surface area (TPSA) is 56.4 Å². The highest BCUT2D eigenvalue weighted by Gasteiger charge is 2.35. The number of rotatable bonds is 3. The molecule has 0 spiro atoms. The van der Waals surface area contributed by atoms with E-state index in [0.29, 0.717) is 10.7 Å². The number of nitrogens with one attached hydrogen (secondary N) is 3. The van der Waals surface area contributed by atoms with Gasteiger partial charge in [0.05, 0.1) is 0 Å². The summed E-state index contributed by atoms with van der Waals surface area (Å²) < 4.78 is -1.80. The summed E-state index contributed by atoms with van der Waals surface area (Å²) in [5.41, 5.74) is 0.659. The lowest BCUT2D eigenvalue weighted by molar-refractivity contribution is 0.212. The zero-order chi connectivity index (χ0) is 16.9. The smallest absolute Gasteiger partial charge is 0.318 e. The van der Waals surface area contributed by atoms with Gasteiger partial charge in [-0.1, -0.05) is 52.5 Å². The second-order valence-corrected chi connectivity index (χ2v) is 7.64. The first-order chi connectivity index (χ1) is 10.1. The van der Waals surface area contributed by atoms with Gasteiger partial charge in [0.15, 0.2) is 11.3 Å². The molecule has 0 radical (unpaired) electrons. The van der Waals surface area contributed by atoms with Crippen LogP contribution in [0.2, 0.25) is 5.02 Å². The van der Waals surface area contributed by atoms with Gasteiger partial charge in [0.25, 0.3) is 0 Å². The second-order valence-electron chi connectivity index (χ2n) is 4.43. The van der Waals surface area contributed by atoms with Crippen LogP contribution < -0.4 is 16.0 Å². The fourth-order valence-corrected chi connectivity index (χ4v) is 2.07. The molecule has 0 saturated carbocycles. The molecule has 3 N–H and O–H groups in total. The summed E-state index contributed by atoms with van der Waals surface area (Å²) in [6, 6.07) is 6.49. The van der Waals surface area contributed by atoms with Crippen molar-refractivity contribution in [1.82, 2.24) is 15.5 Å². The summed E-state index contributed by atoms with van der Waals surface area (Å²) in [6.07, 6.45) is -1.02. The zero-order valence-corrected chi connectivity index (χ0v) is 15.5. The second kappa shape index (κ2) is 8.26. The van der Waals surface area contributed by atoms with Gasteiger partial charge in [-0.05, 0) is 30.4 Å². The SMILES string of the molecule is CN(C)C(=O)NC(NC(=S)Nc1cccc(Cl)c1)C(Cl)(Cl)Cl. The number of anilines is 1. The lowest BCUT2D eigenvalue weighted by atomic mass is 10.3. The van der Waals surface area contributed by atoms with E-state index in [4.69, 9.17) is 58.6 Å². The lowest BCUT2D eigenvalue weighted by Gasteiger charge is -2.28. The fraction of sp³-hybridized carbons (Fsp3) is 0.333. The molecule has 0 fully saturated rings. The van der Waals surface area contributed by atoms with Gasteiger partial charge in [0.2, 0.25) is 3.79 Å². The van der Waals surface area contributed by atoms with E-state index in [0.717, 1.165) is 0 Å². The Labute approximate surface area is 154 Å². The summed E-state index contributed by atoms with van der Waals surface area (Å²) >= 11 is 28.6. The monoisotopic (exact) mass is 402 g/mol. The molecular weight excluding hydrogens is 390 g/mol. The number of urea groups is 1. The van der Waals surface area contributed by atoms with Gasteiger partial charge in [-0.25, -0.2) is 4.79 Å². The van der Waals surface area contributed by atoms with Crippen LogP contribution in [0.1, 0.15) is 0 Å². The minimum atomic E-state index is -1.80. The molecule has 2 amide bonds. The number of hydrogen-bond donors (Lipinski definition) is 3. The zero-order valence-electron chi connectivity index (χ0n) is 11.7. The van der Waals surface area contributed by atoms with E-state index in [1.54, 1.807) is 38.4 Å². The number of alkyl halides is 3. The molecule has 10 heteroatoms. The summed E-state index contributed by atoms with van der Waals surface area (Å²) in [4.78, 5) is 13.0. The van der Waals surface area contributed by atoms with Crippen molar-refractivity contribution >= 4 is 75.5 Å². The van der Waals surface area contributed by atoms with Crippen LogP contribution in [-0.2, 0) is 0 Å². The fourth-order valence-electron chi connectivity index (χ4n) is 1.32. The molecule has 0 heterocycles. The number of carbonyl (C=O) groups is 1. The largest absolute Gasteiger partial charge is 0.339 e. The third kappa shape index (κ3) is 6.62. The Morgan fingerprint density at radius 2 is 1.91 bits per heavy atom. The van der Waals surface area contributed by atoms with Gasteiger partial charge in [-0.15, -0.1) is 0 Å². The maximum absolute atomic E-state index is 11.7. The van der Waals surface area contributed by atoms with Crippen LogP contribution in [0.25, 0.3) is 0 Å². The Morgan fingerprint density at radius 3 is 2.41 bits per heavy atom. The molecule has 5 nitrogen and oxygen atoms in total. The number of benzene rings is 1. The summed E-state index contributed by atoms with van der Waals surface area (Å²) in [5.74, 6) is 0. The minimum Gasteiger partial charge on any atom is -0.339 e. The molecule has 22 heavy (non-hydrogen) atoms. The van der Waals surface area contributed by atoms with Crippen LogP contribution in [0.5, 0.6) is 0 Å². The van der Waals surface area contributed by atoms with Crippen LogP contribution in [0, 0.1) is 0 Å². The third-order valence-electron chi connectivity index (χ3n) is 2.36. The van der Waals surface area contributed by atoms with Gasteiger partial charge in [-0.3, -0.25) is 0 Å². The standard InChI is InChI=1S/C12H14Cl4N4OS/c1-20(2)11(21)19-9(12(14,15)16)18-10(22)17-8-5-3-4-7(13)6-8/h3-6,9H,1-2H3,(H,19,21)(H2,17,18,22). The van der Waals surface area contributed by atoms with Crippen molar-refractivity contribution in [1.29, 1.82) is 0 Å². The molecule has 0 aliphatic heterocycles. The Bertz CT molecular complexity index is 550. The third-order valence-corrected chi connectivity index (χ3v) is 3.47. The molecular formula is C12H14Cl4N4OS. The summed E-state index contributed by atoms with van der Waals surface area (Å²) in [5, 5.41) is 8.84. The van der Waals surface area contributed by atoms with Crippen molar-refractivity contribution in [2.45, 2.75) is 9.96 Å². The first kappa shape index (κ1) is 19.4. The van der Waals surface area contributed by atoms with Crippen molar-refractivity contribution in [3.05, 3.63) is 29.3 Å². The van der Waals surface area contributed by atoms with E-state index >= 15 is 0 Å². The van der Waals surface area contributed by atoms with Crippen LogP contribution in [0.4, 0.5) is 10.5 Å². The van der Waals surface area contributed by atoms with Crippen molar-refractivity contribution in [3.8, 4) is 0 Å². The highest BCUT2D eigenvalue weighted by atomic mass is 35.6. The molecule has 0 aliphatic rings. The molecule has 1 aromatic carbocycles. The summed E-state index contributed by atoms with van der Waals surface area (Å²) in [6.45, 7) is 0. The predicted molar refractivity (Wildman–Crippen MR) is 97.1 cm³/mol. The average molecular weight is 404 g/mol. The van der Waals surface area contributed by atoms with Gasteiger partial charge >= 0.3 is 6.03 Å². The van der Waals surface area contributed by atoms with Crippen LogP contribution in [-0.4, -0.2) is 40.1 Å². The normalized spacial score (nSPS) is 12.3. The maximum Gasteiger partial charge on any atom is 0.318 e. The van der Waals surface area contributed by atoms with Crippen LogP contribution in [0.3, 0.4) is 0 Å². The van der Waals surface area contributed by atoms with E-state index in [-0.39, 0.29) is 5.11 Å². The first-order valence-electron chi connectivity index (χ1n) is 5.97. The summed E-state index contributed by atoms with van der Waals surface area (Å²) in [7, 11) is 3.13. The van der Waals surface area contributed by atoms with Gasteiger partial charge < -0.3 is 20.9 Å². The quantitative estimate of drug-likeness (QED) is 0.410. The molecule has 0 bridgehead atoms. The molecule has 122 valence electrons. The molecule has 0 saturated heterocycles.